The summed E-state index contributed by atoms with van der Waals surface area (Å²) >= 11 is 0. The molecule has 1 amide bonds. The molecule has 0 saturated carbocycles. The lowest BCUT2D eigenvalue weighted by atomic mass is 9.96. The topological polar surface area (TPSA) is 128 Å². The highest BCUT2D eigenvalue weighted by Gasteiger charge is 2.30. The van der Waals surface area contributed by atoms with E-state index in [2.05, 4.69) is 0 Å². The fourth-order valence-corrected chi connectivity index (χ4v) is 5.38. The molecule has 1 N–H and O–H groups in total. The number of fused-ring (bicyclic) bond motifs is 3. The first kappa shape index (κ1) is 25.6. The van der Waals surface area contributed by atoms with E-state index in [1.54, 1.807) is 34.7 Å². The molecule has 3 aromatic heterocycles. The molecule has 2 aliphatic rings. The van der Waals surface area contributed by atoms with Gasteiger partial charge in [-0.05, 0) is 62.1 Å². The van der Waals surface area contributed by atoms with Gasteiger partial charge in [0.05, 0.1) is 30.0 Å². The van der Waals surface area contributed by atoms with Gasteiger partial charge in [0.25, 0.3) is 11.5 Å². The molecule has 5 heterocycles. The number of benzene rings is 1. The highest BCUT2D eigenvalue weighted by Crippen LogP contribution is 2.33. The van der Waals surface area contributed by atoms with E-state index in [0.29, 0.717) is 55.3 Å². The number of nitrogens with zero attached hydrogens (tertiary/aromatic N) is 4. The molecule has 206 valence electrons. The van der Waals surface area contributed by atoms with Gasteiger partial charge in [0.15, 0.2) is 11.5 Å². The van der Waals surface area contributed by atoms with Crippen molar-refractivity contribution in [3.63, 3.8) is 0 Å². The number of pyridine rings is 2. The van der Waals surface area contributed by atoms with Crippen LogP contribution in [0.25, 0.3) is 16.7 Å². The maximum Gasteiger partial charge on any atom is 0.309 e. The van der Waals surface area contributed by atoms with Gasteiger partial charge in [-0.25, -0.2) is 4.98 Å². The van der Waals surface area contributed by atoms with E-state index in [4.69, 9.17) is 24.6 Å². The standard InChI is InChI=1S/C29H29N5O6/c1-3-38-29(37)19-8-11-32(12-9-19)27(35)20-14-21-26(31-25-17(2)5-4-10-33(25)28(21)36)34(24(20)30)15-18-6-7-22-23(13-18)40-16-39-22/h4-7,10,13-14,19,30H,3,8-9,11-12,15-16H2,1-2H3. The second kappa shape index (κ2) is 10.1. The van der Waals surface area contributed by atoms with Crippen LogP contribution in [0.3, 0.4) is 0 Å². The minimum atomic E-state index is -0.359. The van der Waals surface area contributed by atoms with Crippen LogP contribution < -0.4 is 20.5 Å². The number of esters is 1. The third-order valence-corrected chi connectivity index (χ3v) is 7.54. The average molecular weight is 544 g/mol. The molecule has 0 radical (unpaired) electrons. The summed E-state index contributed by atoms with van der Waals surface area (Å²) in [5.41, 5.74) is 2.15. The van der Waals surface area contributed by atoms with E-state index in [9.17, 15) is 14.4 Å². The molecular weight excluding hydrogens is 514 g/mol. The molecule has 0 unspecified atom stereocenters. The third-order valence-electron chi connectivity index (χ3n) is 7.54. The smallest absolute Gasteiger partial charge is 0.309 e. The Morgan fingerprint density at radius 2 is 1.88 bits per heavy atom. The summed E-state index contributed by atoms with van der Waals surface area (Å²) in [6.07, 6.45) is 2.61. The van der Waals surface area contributed by atoms with Gasteiger partial charge in [-0.3, -0.25) is 24.2 Å². The van der Waals surface area contributed by atoms with E-state index in [1.165, 1.54) is 10.5 Å². The molecule has 1 aromatic carbocycles. The lowest BCUT2D eigenvalue weighted by molar-refractivity contribution is -0.149. The molecule has 4 aromatic rings. The summed E-state index contributed by atoms with van der Waals surface area (Å²) in [7, 11) is 0. The van der Waals surface area contributed by atoms with Gasteiger partial charge in [-0.15, -0.1) is 0 Å². The second-order valence-electron chi connectivity index (χ2n) is 10.0. The predicted octanol–water partition coefficient (Wildman–Crippen LogP) is 2.63. The summed E-state index contributed by atoms with van der Waals surface area (Å²) in [6, 6.07) is 10.6. The van der Waals surface area contributed by atoms with Crippen molar-refractivity contribution >= 4 is 28.6 Å². The number of likely N-dealkylation sites (tertiary alicyclic amines) is 1. The number of rotatable bonds is 5. The van der Waals surface area contributed by atoms with Gasteiger partial charge in [0, 0.05) is 19.3 Å². The first-order chi connectivity index (χ1) is 19.4. The second-order valence-corrected chi connectivity index (χ2v) is 10.0. The van der Waals surface area contributed by atoms with Crippen LogP contribution in [0, 0.1) is 18.3 Å². The maximum atomic E-state index is 13.8. The quantitative estimate of drug-likeness (QED) is 0.303. The van der Waals surface area contributed by atoms with Crippen molar-refractivity contribution < 1.29 is 23.8 Å². The summed E-state index contributed by atoms with van der Waals surface area (Å²) in [5, 5.41) is 9.35. The van der Waals surface area contributed by atoms with Crippen LogP contribution in [0.2, 0.25) is 0 Å². The van der Waals surface area contributed by atoms with Crippen molar-refractivity contribution in [1.29, 1.82) is 5.41 Å². The molecule has 40 heavy (non-hydrogen) atoms. The monoisotopic (exact) mass is 543 g/mol. The van der Waals surface area contributed by atoms with Crippen LogP contribution in [0.5, 0.6) is 11.5 Å². The number of hydrogen-bond acceptors (Lipinski definition) is 8. The molecule has 1 saturated heterocycles. The van der Waals surface area contributed by atoms with Gasteiger partial charge < -0.3 is 23.7 Å². The molecular formula is C29H29N5O6. The summed E-state index contributed by atoms with van der Waals surface area (Å²) < 4.78 is 19.2. The van der Waals surface area contributed by atoms with Crippen LogP contribution in [0.4, 0.5) is 0 Å². The molecule has 0 spiro atoms. The first-order valence-corrected chi connectivity index (χ1v) is 13.3. The Morgan fingerprint density at radius 1 is 1.10 bits per heavy atom. The number of aryl methyl sites for hydroxylation is 1. The van der Waals surface area contributed by atoms with Crippen molar-refractivity contribution in [3.8, 4) is 11.5 Å². The summed E-state index contributed by atoms with van der Waals surface area (Å²) in [4.78, 5) is 46.1. The normalized spacial score (nSPS) is 15.1. The lowest BCUT2D eigenvalue weighted by Gasteiger charge is -2.31. The molecule has 1 fully saturated rings. The molecule has 11 nitrogen and oxygen atoms in total. The van der Waals surface area contributed by atoms with Crippen molar-refractivity contribution in [2.45, 2.75) is 33.2 Å². The summed E-state index contributed by atoms with van der Waals surface area (Å²) in [5.74, 6) is 0.375. The van der Waals surface area contributed by atoms with Crippen LogP contribution >= 0.6 is 0 Å². The minimum Gasteiger partial charge on any atom is -0.466 e. The van der Waals surface area contributed by atoms with E-state index in [0.717, 1.165) is 11.1 Å². The van der Waals surface area contributed by atoms with Crippen molar-refractivity contribution in [2.75, 3.05) is 26.5 Å². The van der Waals surface area contributed by atoms with E-state index in [-0.39, 0.29) is 53.1 Å². The number of ether oxygens (including phenoxy) is 3. The largest absolute Gasteiger partial charge is 0.466 e. The number of amides is 1. The number of aromatic nitrogens is 3. The number of nitrogens with one attached hydrogen (secondary N) is 1. The van der Waals surface area contributed by atoms with Gasteiger partial charge >= 0.3 is 5.97 Å². The van der Waals surface area contributed by atoms with Crippen LogP contribution in [-0.4, -0.2) is 57.2 Å². The molecule has 0 aliphatic carbocycles. The van der Waals surface area contributed by atoms with Crippen molar-refractivity contribution in [2.24, 2.45) is 5.92 Å². The van der Waals surface area contributed by atoms with Crippen molar-refractivity contribution in [1.82, 2.24) is 18.9 Å². The van der Waals surface area contributed by atoms with Gasteiger partial charge in [0.2, 0.25) is 6.79 Å². The molecule has 6 rings (SSSR count). The highest BCUT2D eigenvalue weighted by molar-refractivity contribution is 5.97. The zero-order chi connectivity index (χ0) is 28.0. The number of carbonyl (C=O) groups is 2. The zero-order valence-corrected chi connectivity index (χ0v) is 22.3. The fraction of sp³-hybridized carbons (Fsp3) is 0.345. The number of hydrogen-bond donors (Lipinski definition) is 1. The van der Waals surface area contributed by atoms with Crippen LogP contribution in [-0.2, 0) is 16.1 Å². The number of piperidine rings is 1. The van der Waals surface area contributed by atoms with Gasteiger partial charge in [-0.2, -0.15) is 0 Å². The Bertz CT molecular complexity index is 1780. The van der Waals surface area contributed by atoms with Gasteiger partial charge in [0.1, 0.15) is 16.8 Å². The van der Waals surface area contributed by atoms with E-state index in [1.807, 2.05) is 25.1 Å². The fourth-order valence-electron chi connectivity index (χ4n) is 5.38. The highest BCUT2D eigenvalue weighted by atomic mass is 16.7. The SMILES string of the molecule is CCOC(=O)C1CCN(C(=O)c2cc3c(=O)n4cccc(C)c4nc3n(Cc3ccc4c(c3)OCO4)c2=N)CC1. The molecule has 0 bridgehead atoms. The van der Waals surface area contributed by atoms with Crippen LogP contribution in [0.15, 0.2) is 47.4 Å². The Morgan fingerprint density at radius 3 is 2.65 bits per heavy atom. The van der Waals surface area contributed by atoms with Crippen molar-refractivity contribution in [3.05, 3.63) is 75.1 Å². The van der Waals surface area contributed by atoms with E-state index < -0.39 is 0 Å². The Hall–Kier alpha value is -4.67. The average Bonchev–Trinajstić information content (AvgIpc) is 3.43. The van der Waals surface area contributed by atoms with E-state index >= 15 is 0 Å². The Balaban J connectivity index is 1.45. The Labute approximate surface area is 229 Å². The van der Waals surface area contributed by atoms with Crippen LogP contribution in [0.1, 0.15) is 41.3 Å². The molecule has 11 heteroatoms. The van der Waals surface area contributed by atoms with Gasteiger partial charge in [-0.1, -0.05) is 12.1 Å². The maximum absolute atomic E-state index is 13.8. The minimum absolute atomic E-state index is 0.0486. The lowest BCUT2D eigenvalue weighted by Crippen LogP contribution is -2.43. The zero-order valence-electron chi connectivity index (χ0n) is 22.3. The molecule has 2 aliphatic heterocycles. The molecule has 0 atom stereocenters. The predicted molar refractivity (Wildman–Crippen MR) is 144 cm³/mol. The summed E-state index contributed by atoms with van der Waals surface area (Å²) in [6.45, 7) is 5.00. The Kier molecular flexibility index (Phi) is 6.49. The number of carbonyl (C=O) groups excluding carboxylic acids is 2. The first-order valence-electron chi connectivity index (χ1n) is 13.3. The third kappa shape index (κ3) is 4.37.